The van der Waals surface area contributed by atoms with Crippen LogP contribution in [0.3, 0.4) is 0 Å². The lowest BCUT2D eigenvalue weighted by Crippen LogP contribution is -1.98. The second-order valence-corrected chi connectivity index (χ2v) is 4.94. The molecule has 0 heterocycles. The normalized spacial score (nSPS) is 7.91. The van der Waals surface area contributed by atoms with Crippen molar-refractivity contribution < 1.29 is 28.8 Å². The summed E-state index contributed by atoms with van der Waals surface area (Å²) in [6, 6.07) is 0. The van der Waals surface area contributed by atoms with Crippen molar-refractivity contribution >= 4 is 52.1 Å². The van der Waals surface area contributed by atoms with Crippen LogP contribution in [0.15, 0.2) is 0 Å². The fourth-order valence-corrected chi connectivity index (χ4v) is 1.11. The van der Waals surface area contributed by atoms with Crippen LogP contribution >= 0.6 is 0 Å². The monoisotopic (exact) mass is 333 g/mol. The van der Waals surface area contributed by atoms with E-state index < -0.39 is 0 Å². The van der Waals surface area contributed by atoms with Gasteiger partial charge in [-0.3, -0.25) is 28.8 Å². The van der Waals surface area contributed by atoms with Gasteiger partial charge in [-0.2, -0.15) is 0 Å². The zero-order valence-electron chi connectivity index (χ0n) is 14.4. The maximum absolute atomic E-state index is 8.46. The molecule has 6 N–H and O–H groups in total. The van der Waals surface area contributed by atoms with Crippen molar-refractivity contribution in [3.05, 3.63) is 0 Å². The molecule has 0 aromatic heterocycles. The van der Waals surface area contributed by atoms with Crippen LogP contribution in [-0.2, 0) is 0 Å². The standard InChI is InChI=1S/3C5H8O2.Al/c3*1-4(6)3-5(2)7;/h3*3H2,1-2H3;/p+6. The quantitative estimate of drug-likeness (QED) is 0.392. The molecule has 6 nitrogen and oxygen atoms in total. The Labute approximate surface area is 142 Å². The molecule has 0 unspecified atom stereocenters. The molecule has 0 aromatic carbocycles. The second kappa shape index (κ2) is 17.6. The highest BCUT2D eigenvalue weighted by Crippen LogP contribution is 1.80. The predicted molar refractivity (Wildman–Crippen MR) is 95.3 cm³/mol. The van der Waals surface area contributed by atoms with E-state index in [-0.39, 0.29) is 52.1 Å². The van der Waals surface area contributed by atoms with Gasteiger partial charge >= 0.3 is 34.7 Å². The van der Waals surface area contributed by atoms with E-state index in [1.807, 2.05) is 0 Å². The third kappa shape index (κ3) is 51.3. The Kier molecular flexibility index (Phi) is 22.9. The molecular weight excluding hydrogens is 303 g/mol. The summed E-state index contributed by atoms with van der Waals surface area (Å²) >= 11 is 0. The zero-order chi connectivity index (χ0) is 17.6. The van der Waals surface area contributed by atoms with Gasteiger partial charge in [0.1, 0.15) is 0 Å². The number of carbonyl (C=O) groups excluding carboxylic acids is 6. The minimum absolute atomic E-state index is 0. The molecule has 0 aliphatic carbocycles. The summed E-state index contributed by atoms with van der Waals surface area (Å²) in [4.78, 5) is 50.8. The predicted octanol–water partition coefficient (Wildman–Crippen LogP) is 1.14. The summed E-state index contributed by atoms with van der Waals surface area (Å²) in [5.41, 5.74) is 0. The van der Waals surface area contributed by atoms with E-state index in [1.165, 1.54) is 0 Å². The minimum Gasteiger partial charge on any atom is -0.283 e. The molecule has 0 spiro atoms. The number of hydrogen-bond acceptors (Lipinski definition) is 0. The average Bonchev–Trinajstić information content (AvgIpc) is 2.10. The molecule has 0 aromatic rings. The molecule has 0 atom stereocenters. The first kappa shape index (κ1) is 28.7. The largest absolute Gasteiger partial charge is 0.302 e. The van der Waals surface area contributed by atoms with Gasteiger partial charge in [-0.15, -0.1) is 0 Å². The Balaban J connectivity index is -0.000000108. The van der Waals surface area contributed by atoms with Crippen molar-refractivity contribution in [3.63, 3.8) is 0 Å². The summed E-state index contributed by atoms with van der Waals surface area (Å²) in [5, 5.41) is 0. The SMILES string of the molecule is CC(=[OH+])CC(C)=[OH+].CC(=[OH+])CC(C)=[OH+].CC(=[OH+])CC(C)=[OH+].[Al]. The summed E-state index contributed by atoms with van der Waals surface area (Å²) in [7, 11) is 0. The Hall–Kier alpha value is -1.45. The second-order valence-electron chi connectivity index (χ2n) is 4.94. The van der Waals surface area contributed by atoms with Crippen LogP contribution in [0.25, 0.3) is 0 Å². The van der Waals surface area contributed by atoms with Crippen LogP contribution in [0.4, 0.5) is 0 Å². The molecule has 0 bridgehead atoms. The van der Waals surface area contributed by atoms with Crippen molar-refractivity contribution in [2.75, 3.05) is 0 Å². The van der Waals surface area contributed by atoms with Crippen molar-refractivity contribution in [1.29, 1.82) is 0 Å². The topological polar surface area (TPSA) is 128 Å². The molecule has 0 saturated heterocycles. The van der Waals surface area contributed by atoms with Gasteiger partial charge in [0.05, 0.1) is 0 Å². The summed E-state index contributed by atoms with van der Waals surface area (Å²) in [5.74, 6) is 1.50. The van der Waals surface area contributed by atoms with Gasteiger partial charge in [0, 0.05) is 58.9 Å². The zero-order valence-corrected chi connectivity index (χ0v) is 15.5. The maximum Gasteiger partial charge on any atom is 0.302 e. The molecule has 0 amide bonds. The summed E-state index contributed by atoms with van der Waals surface area (Å²) < 4.78 is 0. The third-order valence-corrected chi connectivity index (χ3v) is 1.54. The lowest BCUT2D eigenvalue weighted by molar-refractivity contribution is 0.642. The summed E-state index contributed by atoms with van der Waals surface area (Å²) in [6.07, 6.45) is 0.917. The van der Waals surface area contributed by atoms with Gasteiger partial charge in [-0.1, -0.05) is 0 Å². The highest BCUT2D eigenvalue weighted by atomic mass is 27.0. The molecule has 0 rings (SSSR count). The van der Waals surface area contributed by atoms with Crippen molar-refractivity contribution in [2.45, 2.75) is 60.8 Å². The van der Waals surface area contributed by atoms with Gasteiger partial charge in [0.15, 0.2) is 19.3 Å². The molecule has 0 fully saturated rings. The van der Waals surface area contributed by atoms with E-state index in [1.54, 1.807) is 41.5 Å². The number of rotatable bonds is 6. The first-order chi connectivity index (χ1) is 9.38. The Morgan fingerprint density at radius 2 is 0.500 bits per heavy atom. The Bertz CT molecular complexity index is 314. The van der Waals surface area contributed by atoms with E-state index in [0.717, 1.165) is 0 Å². The molecular formula is C15H30AlO6+6. The first-order valence-electron chi connectivity index (χ1n) is 6.46. The average molecular weight is 333 g/mol. The van der Waals surface area contributed by atoms with Gasteiger partial charge in [-0.05, 0) is 0 Å². The van der Waals surface area contributed by atoms with Gasteiger partial charge < -0.3 is 0 Å². The molecule has 0 aliphatic heterocycles. The first-order valence-corrected chi connectivity index (χ1v) is 6.46. The van der Waals surface area contributed by atoms with Gasteiger partial charge in [0.2, 0.25) is 0 Å². The highest BCUT2D eigenvalue weighted by Gasteiger charge is 2.08. The number of ketones is 6. The molecule has 123 valence electrons. The fraction of sp³-hybridized carbons (Fsp3) is 0.600. The van der Waals surface area contributed by atoms with Crippen molar-refractivity contribution in [3.8, 4) is 0 Å². The van der Waals surface area contributed by atoms with E-state index >= 15 is 0 Å². The van der Waals surface area contributed by atoms with Crippen LogP contribution in [0.5, 0.6) is 0 Å². The Morgan fingerprint density at radius 3 is 0.500 bits per heavy atom. The highest BCUT2D eigenvalue weighted by molar-refractivity contribution is 5.98. The molecule has 0 saturated carbocycles. The van der Waals surface area contributed by atoms with Crippen LogP contribution < -0.4 is 0 Å². The van der Waals surface area contributed by atoms with E-state index in [0.29, 0.717) is 19.3 Å². The summed E-state index contributed by atoms with van der Waals surface area (Å²) in [6.45, 7) is 9.33. The third-order valence-electron chi connectivity index (χ3n) is 1.54. The van der Waals surface area contributed by atoms with Crippen LogP contribution in [0.1, 0.15) is 60.8 Å². The van der Waals surface area contributed by atoms with Crippen molar-refractivity contribution in [1.82, 2.24) is 0 Å². The molecule has 22 heavy (non-hydrogen) atoms. The lowest BCUT2D eigenvalue weighted by Gasteiger charge is -1.70. The smallest absolute Gasteiger partial charge is 0.283 e. The van der Waals surface area contributed by atoms with E-state index in [2.05, 4.69) is 0 Å². The van der Waals surface area contributed by atoms with Gasteiger partial charge in [0.25, 0.3) is 0 Å². The Morgan fingerprint density at radius 1 is 0.409 bits per heavy atom. The fourth-order valence-electron chi connectivity index (χ4n) is 1.11. The van der Waals surface area contributed by atoms with Crippen LogP contribution in [-0.4, -0.2) is 80.8 Å². The lowest BCUT2D eigenvalue weighted by atomic mass is 10.2. The van der Waals surface area contributed by atoms with E-state index in [9.17, 15) is 0 Å². The van der Waals surface area contributed by atoms with Gasteiger partial charge in [-0.25, -0.2) is 0 Å². The minimum atomic E-state index is 0. The molecule has 7 heteroatoms. The van der Waals surface area contributed by atoms with E-state index in [4.69, 9.17) is 28.8 Å². The molecule has 3 radical (unpaired) electrons. The molecule has 0 aliphatic rings. The van der Waals surface area contributed by atoms with Crippen molar-refractivity contribution in [2.24, 2.45) is 0 Å². The maximum atomic E-state index is 8.46. The van der Waals surface area contributed by atoms with Crippen LogP contribution in [0.2, 0.25) is 0 Å². The number of hydrogen-bond donors (Lipinski definition) is 0. The van der Waals surface area contributed by atoms with Crippen LogP contribution in [0, 0.1) is 0 Å².